The highest BCUT2D eigenvalue weighted by Crippen LogP contribution is 2.58. The van der Waals surface area contributed by atoms with Gasteiger partial charge in [0.2, 0.25) is 0 Å². The molecule has 0 aliphatic carbocycles. The number of ether oxygens (including phenoxy) is 4. The van der Waals surface area contributed by atoms with Crippen LogP contribution in [0.4, 0.5) is 41.1 Å². The highest BCUT2D eigenvalue weighted by molar-refractivity contribution is 7.85. The summed E-state index contributed by atoms with van der Waals surface area (Å²) in [6.45, 7) is 1.17. The van der Waals surface area contributed by atoms with Crippen molar-refractivity contribution in [2.24, 2.45) is 0 Å². The Morgan fingerprint density at radius 1 is 0.732 bits per heavy atom. The van der Waals surface area contributed by atoms with E-state index in [0.717, 1.165) is 54.6 Å². The number of nitro benzene ring substituents is 2. The normalized spacial score (nSPS) is 14.1. The van der Waals surface area contributed by atoms with Gasteiger partial charge in [0.25, 0.3) is 33.3 Å². The van der Waals surface area contributed by atoms with Crippen molar-refractivity contribution in [3.63, 3.8) is 0 Å². The molecule has 2 heterocycles. The molecule has 1 atom stereocenters. The van der Waals surface area contributed by atoms with Crippen LogP contribution in [0.25, 0.3) is 0 Å². The van der Waals surface area contributed by atoms with Crippen molar-refractivity contribution in [2.45, 2.75) is 39.1 Å². The van der Waals surface area contributed by atoms with E-state index in [2.05, 4.69) is 21.3 Å². The van der Waals surface area contributed by atoms with Crippen LogP contribution in [-0.2, 0) is 43.1 Å². The molecule has 26 heteroatoms. The van der Waals surface area contributed by atoms with Gasteiger partial charge in [-0.2, -0.15) is 8.42 Å². The van der Waals surface area contributed by atoms with Gasteiger partial charge in [0.1, 0.15) is 36.3 Å². The summed E-state index contributed by atoms with van der Waals surface area (Å²) in [4.78, 5) is 99.8. The number of nitrogens with one attached hydrogen (secondary N) is 4. The standard InChI is InChI=1S/C45H36F2N6O17S/c1-3-11-48-40(55)23-7-9-35(52(60)61)25(14-23)20-67-43(58)50-33-18-37-29(16-31(33)46)45(28-6-4-5-27(22(2)54)39(28)42(57)70-45)30-17-32(47)34(19-38(30)69-37)51-44(59)68-21-26-15-24(8-10-36(26)53(62)63)41(56)49-12-13-71(64,65)66/h4-10,14-19H,3,11-13,20-21H2,1-2H3,(H,48,55)(H,49,56)(H,50,58)(H,51,59)(H,64,65,66). The van der Waals surface area contributed by atoms with Gasteiger partial charge in [-0.15, -0.1) is 0 Å². The van der Waals surface area contributed by atoms with E-state index in [1.807, 2.05) is 6.92 Å². The molecular weight excluding hydrogens is 967 g/mol. The second-order valence-electron chi connectivity index (χ2n) is 15.5. The van der Waals surface area contributed by atoms with Crippen LogP contribution >= 0.6 is 0 Å². The summed E-state index contributed by atoms with van der Waals surface area (Å²) in [5.74, 6) is -7.00. The maximum Gasteiger partial charge on any atom is 0.412 e. The van der Waals surface area contributed by atoms with Gasteiger partial charge in [0.05, 0.1) is 54.8 Å². The minimum atomic E-state index is -4.43. The summed E-state index contributed by atoms with van der Waals surface area (Å²) in [7, 11) is -4.43. The van der Waals surface area contributed by atoms with E-state index in [4.69, 9.17) is 23.5 Å². The molecule has 71 heavy (non-hydrogen) atoms. The average Bonchev–Trinajstić information content (AvgIpc) is 3.61. The first-order chi connectivity index (χ1) is 33.6. The molecular formula is C45H36F2N6O17S. The molecule has 0 radical (unpaired) electrons. The molecule has 0 saturated heterocycles. The Labute approximate surface area is 398 Å². The van der Waals surface area contributed by atoms with Crippen molar-refractivity contribution < 1.29 is 79.3 Å². The zero-order valence-electron chi connectivity index (χ0n) is 36.8. The zero-order valence-corrected chi connectivity index (χ0v) is 37.6. The number of ketones is 1. The SMILES string of the molecule is CCCNC(=O)c1ccc([N+](=O)[O-])c(COC(=O)Nc2cc3c(cc2F)C2(OC(=O)c4c(C(C)=O)cccc42)c2cc(F)c(NC(=O)OCc4cc(C(=O)NCCS(=O)(=O)O)ccc4[N+](=O)[O-])cc2O3)c1. The summed E-state index contributed by atoms with van der Waals surface area (Å²) in [6, 6.07) is 13.9. The van der Waals surface area contributed by atoms with Gasteiger partial charge in [-0.1, -0.05) is 25.1 Å². The fraction of sp³-hybridized carbons (Fsp3) is 0.200. The molecule has 23 nitrogen and oxygen atoms in total. The molecule has 0 fully saturated rings. The summed E-state index contributed by atoms with van der Waals surface area (Å²) in [6.07, 6.45) is -2.13. The number of halogens is 2. The predicted octanol–water partition coefficient (Wildman–Crippen LogP) is 6.81. The number of amides is 4. The lowest BCUT2D eigenvalue weighted by Crippen LogP contribution is -2.33. The van der Waals surface area contributed by atoms with Gasteiger partial charge in [-0.05, 0) is 49.7 Å². The van der Waals surface area contributed by atoms with Crippen LogP contribution in [0.3, 0.4) is 0 Å². The lowest BCUT2D eigenvalue weighted by molar-refractivity contribution is -0.386. The number of carbonyl (C=O) groups excluding carboxylic acids is 6. The quantitative estimate of drug-likeness (QED) is 0.0169. The predicted molar refractivity (Wildman–Crippen MR) is 240 cm³/mol. The first-order valence-corrected chi connectivity index (χ1v) is 22.4. The number of benzene rings is 5. The molecule has 7 rings (SSSR count). The lowest BCUT2D eigenvalue weighted by Gasteiger charge is -2.37. The van der Waals surface area contributed by atoms with E-state index >= 15 is 8.78 Å². The highest BCUT2D eigenvalue weighted by Gasteiger charge is 2.55. The van der Waals surface area contributed by atoms with Crippen LogP contribution in [0, 0.1) is 31.9 Å². The van der Waals surface area contributed by atoms with E-state index in [0.29, 0.717) is 13.0 Å². The van der Waals surface area contributed by atoms with Crippen LogP contribution in [0.5, 0.6) is 11.5 Å². The maximum absolute atomic E-state index is 16.2. The molecule has 5 aromatic carbocycles. The second-order valence-corrected chi connectivity index (χ2v) is 17.1. The van der Waals surface area contributed by atoms with Crippen molar-refractivity contribution in [1.29, 1.82) is 0 Å². The van der Waals surface area contributed by atoms with Gasteiger partial charge in [-0.25, -0.2) is 23.2 Å². The maximum atomic E-state index is 16.2. The smallest absolute Gasteiger partial charge is 0.412 e. The van der Waals surface area contributed by atoms with Crippen LogP contribution in [0.1, 0.15) is 89.5 Å². The third-order valence-electron chi connectivity index (χ3n) is 10.8. The molecule has 1 spiro atoms. The fourth-order valence-corrected chi connectivity index (χ4v) is 8.00. The number of Topliss-reactive ketones (excluding diaryl/α,β-unsaturated/α-hetero) is 1. The Morgan fingerprint density at radius 3 is 1.68 bits per heavy atom. The number of anilines is 2. The van der Waals surface area contributed by atoms with Crippen molar-refractivity contribution in [3.8, 4) is 11.5 Å². The molecule has 0 bridgehead atoms. The van der Waals surface area contributed by atoms with Crippen LogP contribution in [-0.4, -0.2) is 77.4 Å². The van der Waals surface area contributed by atoms with Crippen molar-refractivity contribution in [1.82, 2.24) is 10.6 Å². The zero-order chi connectivity index (χ0) is 51.5. The van der Waals surface area contributed by atoms with E-state index in [-0.39, 0.29) is 61.6 Å². The minimum Gasteiger partial charge on any atom is -0.456 e. The molecule has 2 aliphatic heterocycles. The third kappa shape index (κ3) is 10.4. The molecule has 5 N–H and O–H groups in total. The number of nitrogens with zero attached hydrogens (tertiary/aromatic N) is 2. The fourth-order valence-electron chi connectivity index (χ4n) is 7.64. The minimum absolute atomic E-state index is 0.0335. The monoisotopic (exact) mass is 1000 g/mol. The molecule has 5 aromatic rings. The van der Waals surface area contributed by atoms with Crippen molar-refractivity contribution >= 4 is 68.6 Å². The molecule has 1 unspecified atom stereocenters. The average molecular weight is 1000 g/mol. The highest BCUT2D eigenvalue weighted by atomic mass is 32.2. The number of rotatable bonds is 16. The van der Waals surface area contributed by atoms with Crippen LogP contribution in [0.15, 0.2) is 78.9 Å². The number of nitro groups is 2. The van der Waals surface area contributed by atoms with Gasteiger partial charge < -0.3 is 29.6 Å². The molecule has 2 aliphatic rings. The summed E-state index contributed by atoms with van der Waals surface area (Å²) in [5.41, 5.74) is -6.25. The Kier molecular flexibility index (Phi) is 14.1. The lowest BCUT2D eigenvalue weighted by atomic mass is 9.76. The Morgan fingerprint density at radius 2 is 1.23 bits per heavy atom. The largest absolute Gasteiger partial charge is 0.456 e. The first kappa shape index (κ1) is 50.0. The van der Waals surface area contributed by atoms with Gasteiger partial charge in [0, 0.05) is 59.6 Å². The molecule has 0 aromatic heterocycles. The summed E-state index contributed by atoms with van der Waals surface area (Å²) < 4.78 is 85.8. The number of hydrogen-bond acceptors (Lipinski definition) is 16. The summed E-state index contributed by atoms with van der Waals surface area (Å²) >= 11 is 0. The first-order valence-electron chi connectivity index (χ1n) is 20.8. The second kappa shape index (κ2) is 20.0. The molecule has 4 amide bonds. The van der Waals surface area contributed by atoms with E-state index in [9.17, 15) is 57.4 Å². The molecule has 368 valence electrons. The van der Waals surface area contributed by atoms with Crippen LogP contribution in [0.2, 0.25) is 0 Å². The number of esters is 1. The number of carbonyl (C=O) groups is 6. The molecule has 0 saturated carbocycles. The van der Waals surface area contributed by atoms with Gasteiger partial charge in [0.15, 0.2) is 11.4 Å². The van der Waals surface area contributed by atoms with E-state index < -0.39 is 121 Å². The Hall–Kier alpha value is -8.91. The number of fused-ring (bicyclic) bond motifs is 6. The van der Waals surface area contributed by atoms with Crippen molar-refractivity contribution in [3.05, 3.63) is 161 Å². The van der Waals surface area contributed by atoms with E-state index in [1.54, 1.807) is 0 Å². The van der Waals surface area contributed by atoms with E-state index in [1.165, 1.54) is 31.2 Å². The van der Waals surface area contributed by atoms with Crippen molar-refractivity contribution in [2.75, 3.05) is 29.5 Å². The van der Waals surface area contributed by atoms with Gasteiger partial charge >= 0.3 is 18.2 Å². The topological polar surface area (TPSA) is 328 Å². The Bertz CT molecular complexity index is 3240. The third-order valence-corrected chi connectivity index (χ3v) is 11.6. The summed E-state index contributed by atoms with van der Waals surface area (Å²) in [5, 5.41) is 32.6. The Balaban J connectivity index is 1.18. The van der Waals surface area contributed by atoms with Crippen LogP contribution < -0.4 is 26.0 Å². The number of hydrogen-bond donors (Lipinski definition) is 5. The van der Waals surface area contributed by atoms with Gasteiger partial charge in [-0.3, -0.25) is 49.8 Å².